The van der Waals surface area contributed by atoms with Crippen LogP contribution in [0, 0.1) is 0 Å². The fourth-order valence-corrected chi connectivity index (χ4v) is 3.09. The molecule has 2 fully saturated rings. The van der Waals surface area contributed by atoms with Crippen LogP contribution in [0.15, 0.2) is 12.3 Å². The topological polar surface area (TPSA) is 58.3 Å². The Morgan fingerprint density at radius 1 is 1.39 bits per heavy atom. The van der Waals surface area contributed by atoms with Gasteiger partial charge in [-0.25, -0.2) is 0 Å². The molecule has 0 bridgehead atoms. The Bertz CT molecular complexity index is 464. The lowest BCUT2D eigenvalue weighted by Gasteiger charge is -2.38. The van der Waals surface area contributed by atoms with Gasteiger partial charge in [0.1, 0.15) is 4.99 Å². The fraction of sp³-hybridized carbons (Fsp3) is 0.583. The van der Waals surface area contributed by atoms with Crippen LogP contribution in [0.4, 0.5) is 5.82 Å². The van der Waals surface area contributed by atoms with E-state index in [9.17, 15) is 0 Å². The first-order valence-corrected chi connectivity index (χ1v) is 6.77. The normalized spacial score (nSPS) is 24.0. The number of nitrogens with two attached hydrogens (primary N) is 1. The summed E-state index contributed by atoms with van der Waals surface area (Å²) in [5, 5.41) is 8.20. The van der Waals surface area contributed by atoms with Gasteiger partial charge in [0, 0.05) is 25.7 Å². The van der Waals surface area contributed by atoms with Crippen molar-refractivity contribution in [3.8, 4) is 0 Å². The Morgan fingerprint density at radius 3 is 3.11 bits per heavy atom. The third kappa shape index (κ3) is 2.06. The number of fused-ring (bicyclic) bond motifs is 1. The summed E-state index contributed by atoms with van der Waals surface area (Å²) < 4.78 is 0. The van der Waals surface area contributed by atoms with Crippen molar-refractivity contribution in [2.75, 3.05) is 31.1 Å². The first-order valence-electron chi connectivity index (χ1n) is 6.36. The van der Waals surface area contributed by atoms with Crippen molar-refractivity contribution in [1.82, 2.24) is 15.1 Å². The van der Waals surface area contributed by atoms with E-state index in [-0.39, 0.29) is 0 Å². The number of hydrogen-bond acceptors (Lipinski definition) is 5. The van der Waals surface area contributed by atoms with Crippen LogP contribution >= 0.6 is 12.2 Å². The van der Waals surface area contributed by atoms with Gasteiger partial charge >= 0.3 is 0 Å². The molecule has 1 unspecified atom stereocenters. The van der Waals surface area contributed by atoms with Crippen LogP contribution in [-0.2, 0) is 0 Å². The Kier molecular flexibility index (Phi) is 3.13. The number of aromatic nitrogens is 2. The number of hydrogen-bond donors (Lipinski definition) is 1. The van der Waals surface area contributed by atoms with Gasteiger partial charge in [-0.1, -0.05) is 12.2 Å². The van der Waals surface area contributed by atoms with Gasteiger partial charge in [-0.15, -0.1) is 5.10 Å². The average molecular weight is 263 g/mol. The molecule has 1 aromatic rings. The molecule has 0 radical (unpaired) electrons. The largest absolute Gasteiger partial charge is 0.389 e. The standard InChI is InChI=1S/C12H17N5S/c13-11(18)10-3-4-14-15-12(10)17-7-6-16-5-1-2-9(16)8-17/h3-4,9H,1-2,5-8H2,(H2,13,18). The molecule has 0 aliphatic carbocycles. The maximum atomic E-state index is 5.75. The minimum atomic E-state index is 0.397. The highest BCUT2D eigenvalue weighted by Gasteiger charge is 2.31. The minimum absolute atomic E-state index is 0.397. The zero-order valence-electron chi connectivity index (χ0n) is 10.2. The van der Waals surface area contributed by atoms with Crippen LogP contribution in [0.1, 0.15) is 18.4 Å². The van der Waals surface area contributed by atoms with Crippen LogP contribution in [-0.4, -0.2) is 52.3 Å². The van der Waals surface area contributed by atoms with Crippen LogP contribution in [0.25, 0.3) is 0 Å². The van der Waals surface area contributed by atoms with E-state index in [0.717, 1.165) is 31.0 Å². The van der Waals surface area contributed by atoms with E-state index >= 15 is 0 Å². The molecular weight excluding hydrogens is 246 g/mol. The van der Waals surface area contributed by atoms with E-state index in [1.807, 2.05) is 6.07 Å². The van der Waals surface area contributed by atoms with E-state index < -0.39 is 0 Å². The maximum Gasteiger partial charge on any atom is 0.161 e. The summed E-state index contributed by atoms with van der Waals surface area (Å²) in [6, 6.07) is 2.51. The Morgan fingerprint density at radius 2 is 2.28 bits per heavy atom. The second kappa shape index (κ2) is 4.78. The number of thiocarbonyl (C=S) groups is 1. The number of nitrogens with zero attached hydrogens (tertiary/aromatic N) is 4. The predicted octanol–water partition coefficient (Wildman–Crippen LogP) is 0.395. The summed E-state index contributed by atoms with van der Waals surface area (Å²) in [5.41, 5.74) is 6.59. The highest BCUT2D eigenvalue weighted by Crippen LogP contribution is 2.25. The van der Waals surface area contributed by atoms with E-state index in [2.05, 4.69) is 20.0 Å². The number of piperazine rings is 1. The second-order valence-electron chi connectivity index (χ2n) is 4.91. The van der Waals surface area contributed by atoms with Crippen LogP contribution in [0.2, 0.25) is 0 Å². The highest BCUT2D eigenvalue weighted by molar-refractivity contribution is 7.80. The average Bonchev–Trinajstić information content (AvgIpc) is 2.85. The third-order valence-corrected chi connectivity index (χ3v) is 4.07. The molecule has 6 heteroatoms. The highest BCUT2D eigenvalue weighted by atomic mass is 32.1. The second-order valence-corrected chi connectivity index (χ2v) is 5.35. The summed E-state index contributed by atoms with van der Waals surface area (Å²) in [5.74, 6) is 0.844. The molecular formula is C12H17N5S. The molecule has 2 N–H and O–H groups in total. The van der Waals surface area contributed by atoms with Crippen molar-refractivity contribution >= 4 is 23.0 Å². The van der Waals surface area contributed by atoms with Crippen molar-refractivity contribution < 1.29 is 0 Å². The molecule has 2 saturated heterocycles. The maximum absolute atomic E-state index is 5.75. The van der Waals surface area contributed by atoms with Crippen LogP contribution in [0.5, 0.6) is 0 Å². The summed E-state index contributed by atoms with van der Waals surface area (Å²) in [6.07, 6.45) is 4.23. The summed E-state index contributed by atoms with van der Waals surface area (Å²) in [7, 11) is 0. The summed E-state index contributed by atoms with van der Waals surface area (Å²) in [6.45, 7) is 4.32. The van der Waals surface area contributed by atoms with Crippen molar-refractivity contribution in [3.05, 3.63) is 17.8 Å². The van der Waals surface area contributed by atoms with E-state index in [1.165, 1.54) is 19.4 Å². The minimum Gasteiger partial charge on any atom is -0.389 e. The van der Waals surface area contributed by atoms with E-state index in [1.54, 1.807) is 6.20 Å². The van der Waals surface area contributed by atoms with Gasteiger partial charge in [0.2, 0.25) is 0 Å². The van der Waals surface area contributed by atoms with Crippen molar-refractivity contribution in [2.24, 2.45) is 5.73 Å². The van der Waals surface area contributed by atoms with Gasteiger partial charge in [-0.3, -0.25) is 4.90 Å². The lowest BCUT2D eigenvalue weighted by atomic mass is 10.1. The van der Waals surface area contributed by atoms with E-state index in [0.29, 0.717) is 11.0 Å². The molecule has 2 aliphatic rings. The molecule has 0 saturated carbocycles. The molecule has 0 aromatic carbocycles. The zero-order chi connectivity index (χ0) is 12.5. The molecule has 3 heterocycles. The zero-order valence-corrected chi connectivity index (χ0v) is 11.1. The molecule has 1 atom stereocenters. The number of anilines is 1. The Balaban J connectivity index is 1.85. The summed E-state index contributed by atoms with van der Waals surface area (Å²) in [4.78, 5) is 5.23. The molecule has 96 valence electrons. The van der Waals surface area contributed by atoms with E-state index in [4.69, 9.17) is 18.0 Å². The van der Waals surface area contributed by atoms with Crippen LogP contribution < -0.4 is 10.6 Å². The molecule has 18 heavy (non-hydrogen) atoms. The molecule has 0 amide bonds. The first kappa shape index (κ1) is 11.8. The summed E-state index contributed by atoms with van der Waals surface area (Å²) >= 11 is 5.09. The number of rotatable bonds is 2. The molecule has 5 nitrogen and oxygen atoms in total. The lowest BCUT2D eigenvalue weighted by Crippen LogP contribution is -2.50. The smallest absolute Gasteiger partial charge is 0.161 e. The van der Waals surface area contributed by atoms with Gasteiger partial charge in [-0.2, -0.15) is 5.10 Å². The Labute approximate surface area is 112 Å². The molecule has 1 aromatic heterocycles. The monoisotopic (exact) mass is 263 g/mol. The van der Waals surface area contributed by atoms with Crippen molar-refractivity contribution in [2.45, 2.75) is 18.9 Å². The molecule has 0 spiro atoms. The lowest BCUT2D eigenvalue weighted by molar-refractivity contribution is 0.230. The van der Waals surface area contributed by atoms with Crippen LogP contribution in [0.3, 0.4) is 0 Å². The van der Waals surface area contributed by atoms with Gasteiger partial charge in [-0.05, 0) is 25.5 Å². The SMILES string of the molecule is NC(=S)c1ccnnc1N1CCN2CCCC2C1. The van der Waals surface area contributed by atoms with Gasteiger partial charge in [0.25, 0.3) is 0 Å². The third-order valence-electron chi connectivity index (χ3n) is 3.85. The van der Waals surface area contributed by atoms with Gasteiger partial charge in [0.05, 0.1) is 11.8 Å². The van der Waals surface area contributed by atoms with Gasteiger partial charge in [0.15, 0.2) is 5.82 Å². The van der Waals surface area contributed by atoms with Gasteiger partial charge < -0.3 is 10.6 Å². The molecule has 2 aliphatic heterocycles. The van der Waals surface area contributed by atoms with Crippen molar-refractivity contribution in [3.63, 3.8) is 0 Å². The first-order chi connectivity index (χ1) is 8.75. The molecule has 3 rings (SSSR count). The fourth-order valence-electron chi connectivity index (χ4n) is 2.93. The van der Waals surface area contributed by atoms with Crippen molar-refractivity contribution in [1.29, 1.82) is 0 Å². The quantitative estimate of drug-likeness (QED) is 0.779. The predicted molar refractivity (Wildman–Crippen MR) is 74.7 cm³/mol. The Hall–Kier alpha value is -1.27.